The van der Waals surface area contributed by atoms with Gasteiger partial charge in [-0.05, 0) is 79.1 Å². The van der Waals surface area contributed by atoms with Crippen molar-refractivity contribution in [3.05, 3.63) is 114 Å². The molecule has 2 amide bonds. The van der Waals surface area contributed by atoms with Gasteiger partial charge < -0.3 is 30.0 Å². The van der Waals surface area contributed by atoms with Crippen LogP contribution in [0.15, 0.2) is 85.3 Å². The average molecular weight is 680 g/mol. The number of pyridine rings is 2. The van der Waals surface area contributed by atoms with Crippen molar-refractivity contribution < 1.29 is 23.1 Å². The quantitative estimate of drug-likeness (QED) is 0.182. The number of rotatable bonds is 10. The third kappa shape index (κ3) is 8.15. The van der Waals surface area contributed by atoms with Crippen molar-refractivity contribution in [2.24, 2.45) is 0 Å². The van der Waals surface area contributed by atoms with Crippen LogP contribution in [0.1, 0.15) is 52.1 Å². The number of ether oxygens (including phenoxy) is 1. The van der Waals surface area contributed by atoms with Crippen molar-refractivity contribution in [1.82, 2.24) is 35.2 Å². The number of imidazole rings is 1. The van der Waals surface area contributed by atoms with Gasteiger partial charge in [-0.3, -0.25) is 9.59 Å². The van der Waals surface area contributed by atoms with Gasteiger partial charge >= 0.3 is 0 Å². The first kappa shape index (κ1) is 33.3. The average Bonchev–Trinajstić information content (AvgIpc) is 3.57. The Hall–Kier alpha value is -5.20. The fourth-order valence-corrected chi connectivity index (χ4v) is 6.59. The number of piperazine rings is 1. The normalized spacial score (nSPS) is 18.1. The summed E-state index contributed by atoms with van der Waals surface area (Å²) in [5.41, 5.74) is 3.95. The van der Waals surface area contributed by atoms with E-state index in [1.807, 2.05) is 18.2 Å². The maximum Gasteiger partial charge on any atom is 0.271 e. The number of carbonyl (C=O) groups is 2. The molecule has 2 aromatic carbocycles. The van der Waals surface area contributed by atoms with Crippen LogP contribution in [0.2, 0.25) is 0 Å². The highest BCUT2D eigenvalue weighted by Crippen LogP contribution is 2.29. The monoisotopic (exact) mass is 679 g/mol. The predicted octanol–water partition coefficient (Wildman–Crippen LogP) is 5.39. The molecule has 0 atom stereocenters. The molecule has 5 aromatic rings. The summed E-state index contributed by atoms with van der Waals surface area (Å²) in [5.74, 6) is -1.39. The van der Waals surface area contributed by atoms with Gasteiger partial charge in [0.2, 0.25) is 5.88 Å². The smallest absolute Gasteiger partial charge is 0.271 e. The number of hydrogen-bond donors (Lipinski definition) is 3. The molecule has 1 saturated carbocycles. The lowest BCUT2D eigenvalue weighted by atomic mass is 9.91. The largest absolute Gasteiger partial charge is 0.438 e. The van der Waals surface area contributed by atoms with E-state index in [0.717, 1.165) is 62.5 Å². The molecular weight excluding hydrogens is 640 g/mol. The van der Waals surface area contributed by atoms with E-state index in [1.54, 1.807) is 6.07 Å². The third-order valence-corrected chi connectivity index (χ3v) is 9.37. The Morgan fingerprint density at radius 3 is 2.34 bits per heavy atom. The molecule has 10 nitrogen and oxygen atoms in total. The molecule has 7 rings (SSSR count). The minimum atomic E-state index is -0.644. The molecule has 12 heteroatoms. The van der Waals surface area contributed by atoms with E-state index in [-0.39, 0.29) is 35.1 Å². The van der Waals surface area contributed by atoms with E-state index in [1.165, 1.54) is 34.5 Å². The van der Waals surface area contributed by atoms with Crippen molar-refractivity contribution in [3.63, 3.8) is 0 Å². The Kier molecular flexibility index (Phi) is 10.1. The Balaban J connectivity index is 0.940. The molecule has 0 bridgehead atoms. The van der Waals surface area contributed by atoms with Crippen LogP contribution in [-0.2, 0) is 6.42 Å². The van der Waals surface area contributed by atoms with E-state index in [4.69, 9.17) is 4.74 Å². The molecule has 0 spiro atoms. The van der Waals surface area contributed by atoms with E-state index < -0.39 is 17.5 Å². The molecule has 2 fully saturated rings. The van der Waals surface area contributed by atoms with Gasteiger partial charge in [0, 0.05) is 57.2 Å². The number of nitrogens with zero attached hydrogens (tertiary/aromatic N) is 4. The van der Waals surface area contributed by atoms with E-state index in [9.17, 15) is 18.4 Å². The van der Waals surface area contributed by atoms with Crippen LogP contribution in [0, 0.1) is 11.6 Å². The Morgan fingerprint density at radius 2 is 1.58 bits per heavy atom. The zero-order valence-corrected chi connectivity index (χ0v) is 27.6. The van der Waals surface area contributed by atoms with Crippen molar-refractivity contribution in [1.29, 1.82) is 0 Å². The van der Waals surface area contributed by atoms with Crippen LogP contribution >= 0.6 is 0 Å². The lowest BCUT2D eigenvalue weighted by Crippen LogP contribution is -2.44. The highest BCUT2D eigenvalue weighted by molar-refractivity contribution is 5.96. The summed E-state index contributed by atoms with van der Waals surface area (Å²) >= 11 is 0. The summed E-state index contributed by atoms with van der Waals surface area (Å²) in [6, 6.07) is 19.7. The highest BCUT2D eigenvalue weighted by Gasteiger charge is 2.26. The van der Waals surface area contributed by atoms with Gasteiger partial charge in [0.25, 0.3) is 11.8 Å². The number of nitrogens with one attached hydrogen (secondary N) is 3. The zero-order valence-electron chi connectivity index (χ0n) is 27.6. The second-order valence-electron chi connectivity index (χ2n) is 12.9. The molecule has 0 radical (unpaired) electrons. The van der Waals surface area contributed by atoms with Crippen LogP contribution in [0.25, 0.3) is 16.8 Å². The second kappa shape index (κ2) is 15.1. The molecular formula is C38H39F2N7O3. The van der Waals surface area contributed by atoms with Gasteiger partial charge in [0.1, 0.15) is 34.3 Å². The minimum absolute atomic E-state index is 0.00274. The zero-order chi connectivity index (χ0) is 34.5. The predicted molar refractivity (Wildman–Crippen MR) is 185 cm³/mol. The van der Waals surface area contributed by atoms with Gasteiger partial charge in [-0.15, -0.1) is 0 Å². The number of halogens is 2. The van der Waals surface area contributed by atoms with E-state index in [0.29, 0.717) is 37.1 Å². The van der Waals surface area contributed by atoms with Crippen LogP contribution in [-0.4, -0.2) is 75.9 Å². The maximum atomic E-state index is 14.3. The first-order chi connectivity index (χ1) is 24.4. The number of hydrogen-bond acceptors (Lipinski definition) is 7. The summed E-state index contributed by atoms with van der Waals surface area (Å²) in [6.45, 7) is 5.29. The topological polar surface area (TPSA) is 113 Å². The molecule has 258 valence electrons. The van der Waals surface area contributed by atoms with Crippen LogP contribution in [0.4, 0.5) is 8.78 Å². The van der Waals surface area contributed by atoms with Crippen LogP contribution < -0.4 is 20.7 Å². The molecule has 1 aliphatic heterocycles. The first-order valence-corrected chi connectivity index (χ1v) is 17.1. The van der Waals surface area contributed by atoms with Crippen molar-refractivity contribution in [2.45, 2.75) is 44.2 Å². The third-order valence-electron chi connectivity index (χ3n) is 9.37. The fourth-order valence-electron chi connectivity index (χ4n) is 6.59. The number of benzene rings is 2. The van der Waals surface area contributed by atoms with Crippen LogP contribution in [0.3, 0.4) is 0 Å². The molecule has 50 heavy (non-hydrogen) atoms. The second-order valence-corrected chi connectivity index (χ2v) is 12.9. The summed E-state index contributed by atoms with van der Waals surface area (Å²) in [5, 5.41) is 9.38. The SMILES string of the molecule is O=C(N[C@H]1CC[C@@H](NC(=O)c2cc(F)cnc2Oc2cccc(-c3ccc(CCN4CCNCC4)cc3)c2)CC1)c1cn2cc(F)ccc2n1. The maximum absolute atomic E-state index is 14.3. The molecule has 2 aliphatic rings. The number of fused-ring (bicyclic) bond motifs is 1. The van der Waals surface area contributed by atoms with Gasteiger partial charge in [-0.25, -0.2) is 18.7 Å². The summed E-state index contributed by atoms with van der Waals surface area (Å²) in [7, 11) is 0. The van der Waals surface area contributed by atoms with Crippen LogP contribution in [0.5, 0.6) is 11.6 Å². The molecule has 0 unspecified atom stereocenters. The highest BCUT2D eigenvalue weighted by atomic mass is 19.1. The van der Waals surface area contributed by atoms with Crippen molar-refractivity contribution in [2.75, 3.05) is 32.7 Å². The number of amides is 2. The fraction of sp³-hybridized carbons (Fsp3) is 0.316. The van der Waals surface area contributed by atoms with Crippen molar-refractivity contribution in [3.8, 4) is 22.8 Å². The standard InChI is InChI=1S/C38H39F2N7O3/c39-28-8-13-35-45-34(24-47(35)23-28)37(49)44-31-11-9-30(10-12-31)43-36(48)33-21-29(40)22-42-38(33)50-32-3-1-2-27(20-32)26-6-4-25(5-7-26)14-17-46-18-15-41-16-19-46/h1-8,13,20-24,30-31,41H,9-12,14-19H2,(H,43,48)(H,44,49)/t30-,31+. The molecule has 1 saturated heterocycles. The van der Waals surface area contributed by atoms with Crippen molar-refractivity contribution >= 4 is 17.5 Å². The van der Waals surface area contributed by atoms with Gasteiger partial charge in [0.05, 0.1) is 6.20 Å². The summed E-state index contributed by atoms with van der Waals surface area (Å²) in [4.78, 5) is 37.1. The molecule has 1 aliphatic carbocycles. The van der Waals surface area contributed by atoms with E-state index >= 15 is 0 Å². The Bertz CT molecular complexity index is 1970. The summed E-state index contributed by atoms with van der Waals surface area (Å²) < 4.78 is 35.4. The number of aromatic nitrogens is 3. The van der Waals surface area contributed by atoms with Gasteiger partial charge in [0.15, 0.2) is 0 Å². The van der Waals surface area contributed by atoms with Gasteiger partial charge in [-0.1, -0.05) is 36.4 Å². The van der Waals surface area contributed by atoms with E-state index in [2.05, 4.69) is 55.1 Å². The lowest BCUT2D eigenvalue weighted by molar-refractivity contribution is 0.0888. The minimum Gasteiger partial charge on any atom is -0.438 e. The lowest BCUT2D eigenvalue weighted by Gasteiger charge is -2.29. The first-order valence-electron chi connectivity index (χ1n) is 17.1. The molecule has 4 heterocycles. The Labute approximate surface area is 288 Å². The number of carbonyl (C=O) groups excluding carboxylic acids is 2. The Morgan fingerprint density at radius 1 is 0.840 bits per heavy atom. The molecule has 3 aromatic heterocycles. The summed E-state index contributed by atoms with van der Waals surface area (Å²) in [6.07, 6.45) is 7.28. The molecule has 3 N–H and O–H groups in total. The van der Waals surface area contributed by atoms with Gasteiger partial charge in [-0.2, -0.15) is 0 Å².